The van der Waals surface area contributed by atoms with Gasteiger partial charge in [-0.1, -0.05) is 6.07 Å². The summed E-state index contributed by atoms with van der Waals surface area (Å²) in [6.45, 7) is 26.2. The Morgan fingerprint density at radius 1 is 0.412 bits per heavy atom. The number of nitrogen functional groups attached to an aromatic ring is 3. The molecule has 8 aromatic rings. The van der Waals surface area contributed by atoms with E-state index in [4.69, 9.17) is 26.0 Å². The fourth-order valence-electron chi connectivity index (χ4n) is 12.8. The van der Waals surface area contributed by atoms with Gasteiger partial charge in [0.2, 0.25) is 0 Å². The molecule has 0 bridgehead atoms. The molecule has 6 aliphatic heterocycles. The van der Waals surface area contributed by atoms with Gasteiger partial charge in [-0.2, -0.15) is 9.97 Å². The molecule has 2 aromatic heterocycles. The molecule has 114 heavy (non-hydrogen) atoms. The Morgan fingerprint density at radius 3 is 1.01 bits per heavy atom. The number of carbonyl (C=O) groups excluding carboxylic acids is 2. The number of non-ortho nitro benzene ring substituents is 1. The van der Waals surface area contributed by atoms with Gasteiger partial charge >= 0.3 is 21.2 Å². The number of halogens is 5. The summed E-state index contributed by atoms with van der Waals surface area (Å²) < 4.78 is 13.2. The first-order valence-electron chi connectivity index (χ1n) is 36.8. The maximum Gasteiger partial charge on any atom is 0.376 e. The second kappa shape index (κ2) is 43.9. The molecule has 0 atom stereocenters. The second-order valence-corrected chi connectivity index (χ2v) is 31.1. The maximum atomic E-state index is 12.2. The number of nitro groups is 3. The van der Waals surface area contributed by atoms with Crippen molar-refractivity contribution in [1.82, 2.24) is 40.4 Å². The highest BCUT2D eigenvalue weighted by atomic mass is 79.9. The Morgan fingerprint density at radius 2 is 0.711 bits per heavy atom. The van der Waals surface area contributed by atoms with Gasteiger partial charge in [-0.25, -0.2) is 0 Å². The molecule has 6 aliphatic rings. The minimum absolute atomic E-state index is 0.0289. The summed E-state index contributed by atoms with van der Waals surface area (Å²) in [7, 11) is -1.23. The molecule has 35 nitrogen and oxygen atoms in total. The topological polar surface area (TPSA) is 444 Å². The lowest BCUT2D eigenvalue weighted by molar-refractivity contribution is -0.385. The normalized spacial score (nSPS) is 16.0. The first-order valence-corrected chi connectivity index (χ1v) is 40.7. The van der Waals surface area contributed by atoms with E-state index >= 15 is 0 Å². The monoisotopic (exact) mass is 1890 g/mol. The van der Waals surface area contributed by atoms with E-state index in [-0.39, 0.29) is 68.2 Å². The minimum Gasteiger partial charge on any atom is -0.437 e. The summed E-state index contributed by atoms with van der Waals surface area (Å²) in [5.74, 6) is -0.754. The highest BCUT2D eigenvalue weighted by Gasteiger charge is 2.28. The molecule has 6 aromatic carbocycles. The Bertz CT molecular complexity index is 4510. The van der Waals surface area contributed by atoms with Crippen LogP contribution >= 0.6 is 79.6 Å². The lowest BCUT2D eigenvalue weighted by Gasteiger charge is -2.36. The van der Waals surface area contributed by atoms with Crippen LogP contribution in [0.15, 0.2) is 159 Å². The molecule has 0 unspecified atom stereocenters. The summed E-state index contributed by atoms with van der Waals surface area (Å²) in [5.41, 5.74) is 25.3. The minimum atomic E-state index is -0.443. The molecule has 8 heterocycles. The average molecular weight is 1890 g/mol. The van der Waals surface area contributed by atoms with Gasteiger partial charge < -0.3 is 112 Å². The van der Waals surface area contributed by atoms with Crippen molar-refractivity contribution in [2.75, 3.05) is 214 Å². The molecule has 0 saturated carbocycles. The third-order valence-corrected chi connectivity index (χ3v) is 22.7. The van der Waals surface area contributed by atoms with Gasteiger partial charge in [-0.3, -0.25) is 39.9 Å². The molecule has 43 heteroatoms. The van der Waals surface area contributed by atoms with Crippen LogP contribution in [0.5, 0.6) is 0 Å². The van der Waals surface area contributed by atoms with E-state index in [1.54, 1.807) is 50.0 Å². The third-order valence-electron chi connectivity index (χ3n) is 19.2. The van der Waals surface area contributed by atoms with Crippen LogP contribution in [-0.2, 0) is 0 Å². The fourth-order valence-corrected chi connectivity index (χ4v) is 14.5. The van der Waals surface area contributed by atoms with Crippen molar-refractivity contribution in [3.8, 4) is 0 Å². The molecule has 6 fully saturated rings. The fraction of sp³-hybridized carbons (Fsp3) is 0.380. The zero-order valence-electron chi connectivity index (χ0n) is 63.1. The number of oxazole rings is 2. The summed E-state index contributed by atoms with van der Waals surface area (Å²) in [6, 6.07) is 34.8. The third kappa shape index (κ3) is 26.4. The maximum absolute atomic E-state index is 12.2. The number of benzene rings is 6. The van der Waals surface area contributed by atoms with Gasteiger partial charge in [0.15, 0.2) is 11.4 Å². The number of nitrogens with zero attached hydrogens (tertiary/aromatic N) is 14. The molecule has 2 amide bonds. The largest absolute Gasteiger partial charge is 0.437 e. The van der Waals surface area contributed by atoms with Crippen LogP contribution < -0.4 is 73.2 Å². The van der Waals surface area contributed by atoms with E-state index < -0.39 is 20.0 Å². The smallest absolute Gasteiger partial charge is 0.376 e. The number of hydrogen-bond donors (Lipinski definition) is 11. The number of amides is 2. The van der Waals surface area contributed by atoms with Crippen LogP contribution in [0.25, 0.3) is 0 Å². The highest BCUT2D eigenvalue weighted by molar-refractivity contribution is 9.11. The van der Waals surface area contributed by atoms with E-state index in [0.717, 1.165) is 210 Å². The summed E-state index contributed by atoms with van der Waals surface area (Å²) in [4.78, 5) is 82.5. The van der Waals surface area contributed by atoms with Gasteiger partial charge in [0, 0.05) is 235 Å². The van der Waals surface area contributed by atoms with Crippen molar-refractivity contribution < 1.29 is 48.3 Å². The van der Waals surface area contributed by atoms with Gasteiger partial charge in [0.1, 0.15) is 12.5 Å². The number of rotatable bonds is 16. The lowest BCUT2D eigenvalue weighted by Crippen LogP contribution is -2.51. The van der Waals surface area contributed by atoms with Crippen molar-refractivity contribution in [2.24, 2.45) is 0 Å². The Kier molecular flexibility index (Phi) is 34.3. The predicted octanol–water partition coefficient (Wildman–Crippen LogP) is 8.81. The van der Waals surface area contributed by atoms with Crippen molar-refractivity contribution in [3.63, 3.8) is 0 Å². The molecule has 608 valence electrons. The van der Waals surface area contributed by atoms with Crippen molar-refractivity contribution in [2.45, 2.75) is 20.5 Å². The molecular weight excluding hydrogens is 1800 g/mol. The number of piperazine rings is 6. The SMILES string of the molecule is CB(O)N1CCN(c2ccc(Br)c(N)c2)CC1.CB(O)N1CCN(c2ccc(Br)c(NC(=O)c3coc(N)n3)c2)CC1.CB(O)N1CCN(c2ccc(Br)c([N+](=O)[O-])c2)CC1.Nc1nc(C(=O)Nc2cc(N3CCNCC3)ccc2Br)co1.O=[N+]([O-])c1cc(N2CCNCC2)ccc1Br.O=[N+]([O-])c1cccc(N2CCNCC2)c1. The standard InChI is InChI=1S/C15H19BBrN5O3.C14H16BrN5O2.C11H15BBrN3O3.C11H17BBrN3O.C10H12BrN3O2.C10H13N3O2/c1-16(24)22-6-4-21(5-7-22)10-2-3-11(17)12(8-10)19-14(23)13-9-25-15(18)20-13;15-10-2-1-9(20-5-3-17-4-6-20)7-11(10)18-13(21)12-8-22-14(16)19-12;1-12(17)15-6-4-14(5-7-15)9-2-3-10(13)11(8-9)16(18)19;1-12(17)16-6-4-15(5-7-16)9-2-3-10(13)11(14)8-9;11-9-2-1-8(7-10(9)14(15)16)13-5-3-12-4-6-13;14-13(15)10-3-1-2-9(8-10)12-6-4-11-5-7-12/h2-3,8-9,24H,4-7H2,1H3,(H2,18,20)(H,19,23);1-2,7-8,17H,3-6H2,(H2,16,19)(H,18,21);2-3,8,17H,4-7H2,1H3;2-3,8,17H,4-7,14H2,1H3;1-2,7,12H,3-6H2;1-3,8,11H,4-7H2. The van der Waals surface area contributed by atoms with E-state index in [2.05, 4.69) is 156 Å². The Hall–Kier alpha value is -8.69. The molecule has 14 rings (SSSR count). The number of carbonyl (C=O) groups is 2. The van der Waals surface area contributed by atoms with Crippen LogP contribution in [0, 0.1) is 30.3 Å². The number of nitro benzene ring substituents is 3. The molecule has 0 radical (unpaired) electrons. The predicted molar refractivity (Wildman–Crippen MR) is 467 cm³/mol. The number of hydrogen-bond acceptors (Lipinski definition) is 30. The number of nitrogens with one attached hydrogen (secondary N) is 5. The second-order valence-electron chi connectivity index (χ2n) is 26.8. The van der Waals surface area contributed by atoms with Gasteiger partial charge in [0.05, 0.1) is 35.1 Å². The van der Waals surface area contributed by atoms with Gasteiger partial charge in [-0.05, 0) is 185 Å². The van der Waals surface area contributed by atoms with Crippen molar-refractivity contribution in [3.05, 3.63) is 192 Å². The first kappa shape index (κ1) is 89.2. The van der Waals surface area contributed by atoms with E-state index in [9.17, 15) is 55.0 Å². The van der Waals surface area contributed by atoms with Crippen LogP contribution in [-0.4, -0.2) is 244 Å². The highest BCUT2D eigenvalue weighted by Crippen LogP contribution is 2.35. The quantitative estimate of drug-likeness (QED) is 0.0186. The molecule has 0 aliphatic carbocycles. The average Bonchev–Trinajstić information content (AvgIpc) is 1.38. The van der Waals surface area contributed by atoms with Crippen LogP contribution in [0.1, 0.15) is 21.0 Å². The molecule has 6 saturated heterocycles. The summed E-state index contributed by atoms with van der Waals surface area (Å²) >= 11 is 16.7. The zero-order valence-corrected chi connectivity index (χ0v) is 71.1. The molecule has 0 spiro atoms. The van der Waals surface area contributed by atoms with Crippen molar-refractivity contribution >= 4 is 193 Å². The van der Waals surface area contributed by atoms with Crippen LogP contribution in [0.3, 0.4) is 0 Å². The van der Waals surface area contributed by atoms with Crippen LogP contribution in [0.2, 0.25) is 20.5 Å². The van der Waals surface area contributed by atoms with E-state index in [1.165, 1.54) is 18.6 Å². The Labute approximate surface area is 703 Å². The van der Waals surface area contributed by atoms with E-state index in [1.807, 2.05) is 83.2 Å². The number of anilines is 11. The Balaban J connectivity index is 0.000000158. The van der Waals surface area contributed by atoms with Gasteiger partial charge in [0.25, 0.3) is 40.9 Å². The lowest BCUT2D eigenvalue weighted by atomic mass is 9.84. The van der Waals surface area contributed by atoms with Crippen LogP contribution in [0.4, 0.5) is 80.3 Å². The molecule has 14 N–H and O–H groups in total. The summed E-state index contributed by atoms with van der Waals surface area (Å²) in [5, 5.41) is 76.4. The molecular formula is C71H92B3Br5N22O13. The van der Waals surface area contributed by atoms with Crippen molar-refractivity contribution in [1.29, 1.82) is 0 Å². The van der Waals surface area contributed by atoms with Gasteiger partial charge in [-0.15, -0.1) is 0 Å². The number of nitrogens with two attached hydrogens (primary N) is 3. The number of aromatic nitrogens is 2. The van der Waals surface area contributed by atoms with E-state index in [0.29, 0.717) is 20.3 Å². The first-order chi connectivity index (χ1) is 54.6. The zero-order chi connectivity index (χ0) is 82.1. The summed E-state index contributed by atoms with van der Waals surface area (Å²) in [6.07, 6.45) is 2.45.